The molecule has 0 aliphatic carbocycles. The van der Waals surface area contributed by atoms with Crippen LogP contribution in [0.1, 0.15) is 108 Å². The average molecular weight is 1020 g/mol. The van der Waals surface area contributed by atoms with Crippen molar-refractivity contribution in [1.82, 2.24) is 20.4 Å². The summed E-state index contributed by atoms with van der Waals surface area (Å²) in [6, 6.07) is 19.0. The van der Waals surface area contributed by atoms with E-state index in [1.807, 2.05) is 24.3 Å². The number of piperidine rings is 2. The number of rotatable bonds is 25. The molecule has 4 aromatic rings. The van der Waals surface area contributed by atoms with Gasteiger partial charge in [0.05, 0.1) is 59.7 Å². The van der Waals surface area contributed by atoms with Gasteiger partial charge in [0.1, 0.15) is 29.7 Å². The zero-order chi connectivity index (χ0) is 52.7. The van der Waals surface area contributed by atoms with Crippen LogP contribution in [-0.2, 0) is 41.6 Å². The summed E-state index contributed by atoms with van der Waals surface area (Å²) in [5.74, 6) is -0.360. The number of benzene rings is 4. The molecule has 2 saturated heterocycles. The Morgan fingerprint density at radius 2 is 1.45 bits per heavy atom. The highest BCUT2D eigenvalue weighted by atomic mass is 16.5. The van der Waals surface area contributed by atoms with Gasteiger partial charge in [-0.1, -0.05) is 37.1 Å². The lowest BCUT2D eigenvalue weighted by Crippen LogP contribution is -2.54. The van der Waals surface area contributed by atoms with E-state index in [-0.39, 0.29) is 61.2 Å². The van der Waals surface area contributed by atoms with Crippen molar-refractivity contribution in [2.24, 2.45) is 0 Å². The lowest BCUT2D eigenvalue weighted by atomic mass is 9.99. The molecule has 0 radical (unpaired) electrons. The Morgan fingerprint density at radius 3 is 2.18 bits per heavy atom. The Bertz CT molecular complexity index is 2680. The van der Waals surface area contributed by atoms with E-state index in [9.17, 15) is 33.6 Å². The number of carbonyl (C=O) groups excluding carboxylic acids is 7. The number of hydrogen-bond donors (Lipinski definition) is 2. The quantitative estimate of drug-likeness (QED) is 0.0434. The summed E-state index contributed by atoms with van der Waals surface area (Å²) in [5.41, 5.74) is 2.47. The molecule has 3 atom stereocenters. The first-order valence-corrected chi connectivity index (χ1v) is 24.8. The summed E-state index contributed by atoms with van der Waals surface area (Å²) in [6.45, 7) is 0.839. The Balaban J connectivity index is 0.909. The van der Waals surface area contributed by atoms with Crippen molar-refractivity contribution in [1.29, 1.82) is 0 Å². The number of esters is 1. The molecule has 7 rings (SSSR count). The number of nitrogens with zero attached hydrogens (tertiary/aromatic N) is 2. The van der Waals surface area contributed by atoms with Gasteiger partial charge in [-0.3, -0.25) is 39.0 Å². The molecule has 19 heteroatoms. The van der Waals surface area contributed by atoms with Crippen LogP contribution in [0.3, 0.4) is 0 Å². The van der Waals surface area contributed by atoms with E-state index in [1.165, 1.54) is 27.4 Å². The van der Waals surface area contributed by atoms with Crippen LogP contribution in [0.15, 0.2) is 72.8 Å². The molecule has 4 aromatic carbocycles. The van der Waals surface area contributed by atoms with Crippen molar-refractivity contribution < 1.29 is 71.5 Å². The fraction of sp³-hybridized carbons (Fsp3) is 0.436. The van der Waals surface area contributed by atoms with Crippen LogP contribution in [0.5, 0.6) is 40.2 Å². The predicted octanol–water partition coefficient (Wildman–Crippen LogP) is 6.11. The van der Waals surface area contributed by atoms with E-state index in [2.05, 4.69) is 10.6 Å². The molecule has 2 N–H and O–H groups in total. The number of unbranched alkanes of at least 4 members (excludes halogenated alkanes) is 3. The molecule has 0 aromatic heterocycles. The van der Waals surface area contributed by atoms with E-state index in [0.29, 0.717) is 90.8 Å². The second kappa shape index (κ2) is 25.7. The number of likely N-dealkylation sites (tertiary alicyclic amines) is 1. The number of aryl methyl sites for hydroxylation is 1. The molecule has 0 spiro atoms. The molecule has 0 bridgehead atoms. The van der Waals surface area contributed by atoms with E-state index >= 15 is 0 Å². The van der Waals surface area contributed by atoms with Gasteiger partial charge in [0, 0.05) is 19.5 Å². The first-order valence-electron chi connectivity index (χ1n) is 24.8. The number of amides is 6. The third-order valence-corrected chi connectivity index (χ3v) is 13.3. The molecule has 1 unspecified atom stereocenters. The van der Waals surface area contributed by atoms with Gasteiger partial charge >= 0.3 is 5.97 Å². The number of nitrogens with one attached hydrogen (secondary N) is 2. The predicted molar refractivity (Wildman–Crippen MR) is 268 cm³/mol. The van der Waals surface area contributed by atoms with E-state index in [4.69, 9.17) is 37.9 Å². The number of hydrogen-bond acceptors (Lipinski definition) is 15. The maximum absolute atomic E-state index is 14.3. The van der Waals surface area contributed by atoms with Gasteiger partial charge < -0.3 is 48.1 Å². The molecule has 3 aliphatic heterocycles. The molecule has 3 heterocycles. The second-order valence-electron chi connectivity index (χ2n) is 18.1. The minimum absolute atomic E-state index is 0.00309. The Kier molecular flexibility index (Phi) is 18.7. The lowest BCUT2D eigenvalue weighted by molar-refractivity contribution is -0.162. The highest BCUT2D eigenvalue weighted by Crippen LogP contribution is 2.39. The van der Waals surface area contributed by atoms with Crippen LogP contribution in [0.2, 0.25) is 0 Å². The van der Waals surface area contributed by atoms with E-state index in [0.717, 1.165) is 36.1 Å². The van der Waals surface area contributed by atoms with Crippen molar-refractivity contribution >= 4 is 41.4 Å². The fourth-order valence-electron chi connectivity index (χ4n) is 9.43. The first kappa shape index (κ1) is 54.0. The molecular weight excluding hydrogens is 957 g/mol. The van der Waals surface area contributed by atoms with Crippen LogP contribution < -0.4 is 43.8 Å². The first-order chi connectivity index (χ1) is 35.9. The minimum atomic E-state index is -1.06. The van der Waals surface area contributed by atoms with Gasteiger partial charge in [0.15, 0.2) is 29.6 Å². The highest BCUT2D eigenvalue weighted by Gasteiger charge is 2.46. The van der Waals surface area contributed by atoms with Crippen LogP contribution in [0.4, 0.5) is 0 Å². The normalized spacial score (nSPS) is 16.7. The fourth-order valence-corrected chi connectivity index (χ4v) is 9.43. The maximum atomic E-state index is 14.3. The number of fused-ring (bicyclic) bond motifs is 1. The molecule has 394 valence electrons. The Morgan fingerprint density at radius 1 is 0.716 bits per heavy atom. The SMILES string of the molecule is COc1ccc(CC[C@@H](OC(=O)[C@@H]2CCCCN2C(=O)Cc2cc(OC)c(OC)c(OC)c2)c2cccc(OCC(=O)NCCCCCCOc3cccc4c3C(=O)N(C3CCC(=O)NC3=O)C4=O)c2)cc1OC. The average Bonchev–Trinajstić information content (AvgIpc) is 3.68. The third-order valence-electron chi connectivity index (χ3n) is 13.3. The van der Waals surface area contributed by atoms with Crippen LogP contribution in [0, 0.1) is 0 Å². The largest absolute Gasteiger partial charge is 0.493 e. The lowest BCUT2D eigenvalue weighted by Gasteiger charge is -2.35. The van der Waals surface area contributed by atoms with Gasteiger partial charge in [-0.05, 0) is 117 Å². The van der Waals surface area contributed by atoms with Crippen LogP contribution in [-0.4, -0.2) is 125 Å². The van der Waals surface area contributed by atoms with Crippen molar-refractivity contribution in [2.45, 2.75) is 95.2 Å². The molecule has 74 heavy (non-hydrogen) atoms. The Hall–Kier alpha value is -7.83. The summed E-state index contributed by atoms with van der Waals surface area (Å²) >= 11 is 0. The van der Waals surface area contributed by atoms with Crippen molar-refractivity contribution in [2.75, 3.05) is 61.9 Å². The molecular formula is C55H64N4O15. The zero-order valence-corrected chi connectivity index (χ0v) is 42.5. The number of methoxy groups -OCH3 is 5. The van der Waals surface area contributed by atoms with E-state index in [1.54, 1.807) is 61.6 Å². The van der Waals surface area contributed by atoms with Crippen molar-refractivity contribution in [3.63, 3.8) is 0 Å². The number of ether oxygens (including phenoxy) is 8. The van der Waals surface area contributed by atoms with Gasteiger partial charge in [-0.15, -0.1) is 0 Å². The number of imide groups is 2. The van der Waals surface area contributed by atoms with Crippen molar-refractivity contribution in [3.8, 4) is 40.2 Å². The summed E-state index contributed by atoms with van der Waals surface area (Å²) in [6.07, 6.45) is 5.03. The molecule has 6 amide bonds. The number of carbonyl (C=O) groups is 7. The standard InChI is InChI=1S/C55H64N4O15/c1-67-42-23-20-34(28-44(42)68-2)19-22-41(74-55(66)40-17-8-10-26-58(40)49(62)31-35-29-45(69-3)51(71-5)46(30-35)70-4)36-14-12-15-37(32-36)73-33-48(61)56-25-9-6-7-11-27-72-43-18-13-16-38-50(43)54(65)59(53(38)64)39-21-24-47(60)57-52(39)63/h12-16,18,20,23,28-30,32,39-41H,6-11,17,19,21-22,24-27,31,33H2,1-5H3,(H,56,61)(H,57,60,63)/t39?,40-,41+/m0/s1. The van der Waals surface area contributed by atoms with Gasteiger partial charge in [0.25, 0.3) is 17.7 Å². The topological polar surface area (TPSA) is 224 Å². The van der Waals surface area contributed by atoms with E-state index < -0.39 is 47.8 Å². The molecule has 19 nitrogen and oxygen atoms in total. The summed E-state index contributed by atoms with van der Waals surface area (Å²) in [7, 11) is 7.65. The highest BCUT2D eigenvalue weighted by molar-refractivity contribution is 6.24. The van der Waals surface area contributed by atoms with Crippen LogP contribution in [0.25, 0.3) is 0 Å². The van der Waals surface area contributed by atoms with Crippen LogP contribution >= 0.6 is 0 Å². The molecule has 0 saturated carbocycles. The molecule has 3 aliphatic rings. The second-order valence-corrected chi connectivity index (χ2v) is 18.1. The maximum Gasteiger partial charge on any atom is 0.329 e. The summed E-state index contributed by atoms with van der Waals surface area (Å²) < 4.78 is 45.7. The third kappa shape index (κ3) is 13.0. The Labute approximate surface area is 430 Å². The van der Waals surface area contributed by atoms with Gasteiger partial charge in [-0.25, -0.2) is 4.79 Å². The summed E-state index contributed by atoms with van der Waals surface area (Å²) in [4.78, 5) is 94.3. The molecule has 2 fully saturated rings. The minimum Gasteiger partial charge on any atom is -0.493 e. The van der Waals surface area contributed by atoms with Gasteiger partial charge in [-0.2, -0.15) is 0 Å². The smallest absolute Gasteiger partial charge is 0.329 e. The van der Waals surface area contributed by atoms with Gasteiger partial charge in [0.2, 0.25) is 23.5 Å². The summed E-state index contributed by atoms with van der Waals surface area (Å²) in [5, 5.41) is 5.09. The monoisotopic (exact) mass is 1020 g/mol. The van der Waals surface area contributed by atoms with Crippen molar-refractivity contribution in [3.05, 3.63) is 101 Å². The zero-order valence-electron chi connectivity index (χ0n) is 42.5.